The lowest BCUT2D eigenvalue weighted by Gasteiger charge is -2.09. The van der Waals surface area contributed by atoms with E-state index in [-0.39, 0.29) is 0 Å². The van der Waals surface area contributed by atoms with Gasteiger partial charge in [-0.3, -0.25) is 0 Å². The second-order valence-corrected chi connectivity index (χ2v) is 3.79. The molecule has 0 radical (unpaired) electrons. The molecule has 1 aromatic carbocycles. The van der Waals surface area contributed by atoms with Crippen LogP contribution in [0.2, 0.25) is 0 Å². The summed E-state index contributed by atoms with van der Waals surface area (Å²) in [4.78, 5) is 11.4. The largest absolute Gasteiger partial charge is 0.416 e. The first kappa shape index (κ1) is 15.1. The summed E-state index contributed by atoms with van der Waals surface area (Å²) in [6.45, 7) is 2.35. The van der Waals surface area contributed by atoms with Crippen molar-refractivity contribution >= 4 is 11.7 Å². The van der Waals surface area contributed by atoms with Crippen molar-refractivity contribution < 1.29 is 18.0 Å². The van der Waals surface area contributed by atoms with Gasteiger partial charge in [-0.1, -0.05) is 19.1 Å². The zero-order valence-corrected chi connectivity index (χ0v) is 10.4. The standard InChI is InChI=1S/C13H15F3N2O/c1-2-3-4-9-17-12(19)18-11-7-5-10(6-8-11)13(14,15)16/h3-8H,2,9H2,1H3,(H2,17,18,19)/b4-3-. The molecule has 0 unspecified atom stereocenters. The third kappa shape index (κ3) is 5.46. The van der Waals surface area contributed by atoms with Crippen molar-refractivity contribution in [3.05, 3.63) is 42.0 Å². The first-order valence-electron chi connectivity index (χ1n) is 5.80. The Labute approximate surface area is 109 Å². The molecule has 6 heteroatoms. The summed E-state index contributed by atoms with van der Waals surface area (Å²) < 4.78 is 36.9. The summed E-state index contributed by atoms with van der Waals surface area (Å²) >= 11 is 0. The number of urea groups is 1. The van der Waals surface area contributed by atoms with Crippen molar-refractivity contribution in [2.45, 2.75) is 19.5 Å². The highest BCUT2D eigenvalue weighted by Crippen LogP contribution is 2.29. The molecule has 2 amide bonds. The van der Waals surface area contributed by atoms with Crippen LogP contribution in [-0.4, -0.2) is 12.6 Å². The van der Waals surface area contributed by atoms with Crippen molar-refractivity contribution in [1.29, 1.82) is 0 Å². The number of rotatable bonds is 4. The zero-order valence-electron chi connectivity index (χ0n) is 10.4. The fraction of sp³-hybridized carbons (Fsp3) is 0.308. The fourth-order valence-corrected chi connectivity index (χ4v) is 1.32. The van der Waals surface area contributed by atoms with Crippen LogP contribution in [0.1, 0.15) is 18.9 Å². The number of hydrogen-bond acceptors (Lipinski definition) is 1. The Bertz CT molecular complexity index is 438. The molecule has 0 spiro atoms. The lowest BCUT2D eigenvalue weighted by atomic mass is 10.2. The molecule has 0 saturated carbocycles. The zero-order chi connectivity index (χ0) is 14.3. The molecule has 2 N–H and O–H groups in total. The summed E-state index contributed by atoms with van der Waals surface area (Å²) in [7, 11) is 0. The van der Waals surface area contributed by atoms with E-state index < -0.39 is 17.8 Å². The van der Waals surface area contributed by atoms with Crippen LogP contribution in [-0.2, 0) is 6.18 Å². The molecule has 1 rings (SSSR count). The van der Waals surface area contributed by atoms with Crippen LogP contribution in [0.25, 0.3) is 0 Å². The predicted molar refractivity (Wildman–Crippen MR) is 67.9 cm³/mol. The van der Waals surface area contributed by atoms with E-state index in [1.165, 1.54) is 12.1 Å². The molecule has 0 fully saturated rings. The first-order chi connectivity index (χ1) is 8.93. The Hall–Kier alpha value is -1.98. The highest BCUT2D eigenvalue weighted by atomic mass is 19.4. The number of allylic oxidation sites excluding steroid dienone is 1. The van der Waals surface area contributed by atoms with Gasteiger partial charge in [0.15, 0.2) is 0 Å². The molecule has 0 aromatic heterocycles. The molecule has 19 heavy (non-hydrogen) atoms. The Kier molecular flexibility index (Phi) is 5.41. The van der Waals surface area contributed by atoms with E-state index in [4.69, 9.17) is 0 Å². The third-order valence-corrected chi connectivity index (χ3v) is 2.25. The number of amides is 2. The minimum atomic E-state index is -4.37. The molecule has 0 heterocycles. The summed E-state index contributed by atoms with van der Waals surface area (Å²) in [5, 5.41) is 5.00. The van der Waals surface area contributed by atoms with E-state index >= 15 is 0 Å². The maximum Gasteiger partial charge on any atom is 0.416 e. The molecule has 0 atom stereocenters. The van der Waals surface area contributed by atoms with Gasteiger partial charge in [-0.15, -0.1) is 0 Å². The molecule has 0 aliphatic heterocycles. The highest BCUT2D eigenvalue weighted by Gasteiger charge is 2.29. The molecule has 3 nitrogen and oxygen atoms in total. The Morgan fingerprint density at radius 1 is 1.21 bits per heavy atom. The van der Waals surface area contributed by atoms with Crippen LogP contribution in [0.4, 0.5) is 23.7 Å². The minimum absolute atomic E-state index is 0.310. The fourth-order valence-electron chi connectivity index (χ4n) is 1.32. The monoisotopic (exact) mass is 272 g/mol. The number of anilines is 1. The van der Waals surface area contributed by atoms with E-state index in [9.17, 15) is 18.0 Å². The smallest absolute Gasteiger partial charge is 0.334 e. The van der Waals surface area contributed by atoms with Crippen LogP contribution >= 0.6 is 0 Å². The molecular weight excluding hydrogens is 257 g/mol. The van der Waals surface area contributed by atoms with E-state index in [0.717, 1.165) is 18.6 Å². The summed E-state index contributed by atoms with van der Waals surface area (Å²) in [6.07, 6.45) is 0.207. The normalized spacial score (nSPS) is 11.6. The van der Waals surface area contributed by atoms with Crippen LogP contribution in [0.5, 0.6) is 0 Å². The summed E-state index contributed by atoms with van der Waals surface area (Å²) in [6, 6.07) is 3.81. The number of halogens is 3. The number of hydrogen-bond donors (Lipinski definition) is 2. The summed E-state index contributed by atoms with van der Waals surface area (Å²) in [5.74, 6) is 0. The quantitative estimate of drug-likeness (QED) is 0.804. The Morgan fingerprint density at radius 2 is 1.84 bits per heavy atom. The number of nitrogens with one attached hydrogen (secondary N) is 2. The maximum absolute atomic E-state index is 12.3. The number of carbonyl (C=O) groups is 1. The van der Waals surface area contributed by atoms with Gasteiger partial charge in [0.1, 0.15) is 0 Å². The molecule has 0 aliphatic rings. The van der Waals surface area contributed by atoms with Gasteiger partial charge in [-0.05, 0) is 30.7 Å². The van der Waals surface area contributed by atoms with E-state index in [0.29, 0.717) is 12.2 Å². The average Bonchev–Trinajstić information content (AvgIpc) is 2.34. The van der Waals surface area contributed by atoms with Gasteiger partial charge in [0.2, 0.25) is 0 Å². The predicted octanol–water partition coefficient (Wildman–Crippen LogP) is 3.79. The molecule has 104 valence electrons. The lowest BCUT2D eigenvalue weighted by Crippen LogP contribution is -2.28. The molecule has 0 bridgehead atoms. The summed E-state index contributed by atoms with van der Waals surface area (Å²) in [5.41, 5.74) is -0.436. The van der Waals surface area contributed by atoms with E-state index in [2.05, 4.69) is 10.6 Å². The van der Waals surface area contributed by atoms with Gasteiger partial charge in [0.25, 0.3) is 0 Å². The maximum atomic E-state index is 12.3. The average molecular weight is 272 g/mol. The van der Waals surface area contributed by atoms with Gasteiger partial charge >= 0.3 is 12.2 Å². The van der Waals surface area contributed by atoms with Gasteiger partial charge in [-0.25, -0.2) is 4.79 Å². The number of benzene rings is 1. The van der Waals surface area contributed by atoms with Crippen LogP contribution in [0, 0.1) is 0 Å². The lowest BCUT2D eigenvalue weighted by molar-refractivity contribution is -0.137. The highest BCUT2D eigenvalue weighted by molar-refractivity contribution is 5.89. The minimum Gasteiger partial charge on any atom is -0.334 e. The SMILES string of the molecule is CC/C=C\CNC(=O)Nc1ccc(C(F)(F)F)cc1. The van der Waals surface area contributed by atoms with Gasteiger partial charge in [0.05, 0.1) is 5.56 Å². The van der Waals surface area contributed by atoms with Crippen molar-refractivity contribution in [3.63, 3.8) is 0 Å². The molecule has 0 saturated heterocycles. The van der Waals surface area contributed by atoms with Crippen molar-refractivity contribution in [2.75, 3.05) is 11.9 Å². The van der Waals surface area contributed by atoms with E-state index in [1.807, 2.05) is 13.0 Å². The van der Waals surface area contributed by atoms with Crippen LogP contribution in [0.3, 0.4) is 0 Å². The van der Waals surface area contributed by atoms with Crippen molar-refractivity contribution in [1.82, 2.24) is 5.32 Å². The second-order valence-electron chi connectivity index (χ2n) is 3.79. The Morgan fingerprint density at radius 3 is 2.37 bits per heavy atom. The molecular formula is C13H15F3N2O. The first-order valence-corrected chi connectivity index (χ1v) is 5.80. The van der Waals surface area contributed by atoms with Gasteiger partial charge in [-0.2, -0.15) is 13.2 Å². The van der Waals surface area contributed by atoms with Crippen LogP contribution in [0.15, 0.2) is 36.4 Å². The molecule has 0 aliphatic carbocycles. The number of carbonyl (C=O) groups excluding carboxylic acids is 1. The van der Waals surface area contributed by atoms with Gasteiger partial charge < -0.3 is 10.6 Å². The van der Waals surface area contributed by atoms with Crippen molar-refractivity contribution in [2.24, 2.45) is 0 Å². The van der Waals surface area contributed by atoms with E-state index in [1.54, 1.807) is 6.08 Å². The van der Waals surface area contributed by atoms with Crippen molar-refractivity contribution in [3.8, 4) is 0 Å². The Balaban J connectivity index is 2.49. The van der Waals surface area contributed by atoms with Gasteiger partial charge in [0, 0.05) is 12.2 Å². The number of alkyl halides is 3. The topological polar surface area (TPSA) is 41.1 Å². The van der Waals surface area contributed by atoms with Crippen LogP contribution < -0.4 is 10.6 Å². The molecule has 1 aromatic rings. The second kappa shape index (κ2) is 6.82. The third-order valence-electron chi connectivity index (χ3n) is 2.25.